The zero-order valence-electron chi connectivity index (χ0n) is 11.8. The Morgan fingerprint density at radius 3 is 2.38 bits per heavy atom. The third kappa shape index (κ3) is 5.13. The highest BCUT2D eigenvalue weighted by atomic mass is 16.4. The van der Waals surface area contributed by atoms with Crippen molar-refractivity contribution in [3.05, 3.63) is 30.3 Å². The summed E-state index contributed by atoms with van der Waals surface area (Å²) in [5.41, 5.74) is 5.66. The number of nitrogens with zero attached hydrogens (tertiary/aromatic N) is 1. The molecule has 7 nitrogen and oxygen atoms in total. The fourth-order valence-corrected chi connectivity index (χ4v) is 1.82. The van der Waals surface area contributed by atoms with Crippen LogP contribution in [0.5, 0.6) is 0 Å². The molecule has 7 heteroatoms. The molecule has 1 unspecified atom stereocenters. The number of carboxylic acid groups (broad SMARTS) is 1. The molecule has 1 aromatic carbocycles. The molecule has 4 N–H and O–H groups in total. The smallest absolute Gasteiger partial charge is 0.326 e. The molecule has 0 fully saturated rings. The van der Waals surface area contributed by atoms with Crippen molar-refractivity contribution in [2.24, 2.45) is 5.73 Å². The van der Waals surface area contributed by atoms with Crippen molar-refractivity contribution in [2.45, 2.75) is 25.8 Å². The Balaban J connectivity index is 2.75. The second kappa shape index (κ2) is 7.88. The number of aliphatic carboxylic acids is 1. The number of para-hydroxylation sites is 1. The van der Waals surface area contributed by atoms with Gasteiger partial charge >= 0.3 is 12.0 Å². The Bertz CT molecular complexity index is 504. The van der Waals surface area contributed by atoms with Crippen LogP contribution in [0, 0.1) is 0 Å². The van der Waals surface area contributed by atoms with Gasteiger partial charge in [-0.2, -0.15) is 0 Å². The van der Waals surface area contributed by atoms with Gasteiger partial charge in [0.25, 0.3) is 0 Å². The molecule has 0 radical (unpaired) electrons. The predicted octanol–water partition coefficient (Wildman–Crippen LogP) is 0.941. The first-order valence-corrected chi connectivity index (χ1v) is 6.60. The first kappa shape index (κ1) is 16.5. The van der Waals surface area contributed by atoms with Crippen molar-refractivity contribution in [2.75, 3.05) is 11.4 Å². The van der Waals surface area contributed by atoms with Gasteiger partial charge in [-0.15, -0.1) is 0 Å². The molecule has 114 valence electrons. The number of hydrogen-bond acceptors (Lipinski definition) is 3. The van der Waals surface area contributed by atoms with E-state index in [-0.39, 0.29) is 12.8 Å². The molecule has 1 aromatic rings. The Labute approximate surface area is 122 Å². The van der Waals surface area contributed by atoms with Gasteiger partial charge in [-0.25, -0.2) is 9.59 Å². The van der Waals surface area contributed by atoms with Crippen molar-refractivity contribution in [3.8, 4) is 0 Å². The van der Waals surface area contributed by atoms with Gasteiger partial charge in [0.2, 0.25) is 5.91 Å². The molecule has 21 heavy (non-hydrogen) atoms. The Kier molecular flexibility index (Phi) is 6.19. The monoisotopic (exact) mass is 293 g/mol. The zero-order chi connectivity index (χ0) is 15.8. The van der Waals surface area contributed by atoms with Crippen molar-refractivity contribution >= 4 is 23.6 Å². The van der Waals surface area contributed by atoms with Crippen LogP contribution in [0.4, 0.5) is 10.5 Å². The van der Waals surface area contributed by atoms with E-state index in [0.717, 1.165) is 0 Å². The minimum absolute atomic E-state index is 0.0389. The standard InChI is InChI=1S/C14H19N3O4/c1-2-17(10-6-4-3-5-7-10)14(21)16-11(13(19)20)8-9-12(15)18/h3-7,11H,2,8-9H2,1H3,(H2,15,18)(H,16,21)(H,19,20). The number of nitrogens with two attached hydrogens (primary N) is 1. The normalized spacial score (nSPS) is 11.5. The van der Waals surface area contributed by atoms with E-state index in [0.29, 0.717) is 12.2 Å². The lowest BCUT2D eigenvalue weighted by Gasteiger charge is -2.24. The number of nitrogens with one attached hydrogen (secondary N) is 1. The highest BCUT2D eigenvalue weighted by Crippen LogP contribution is 2.13. The van der Waals surface area contributed by atoms with Gasteiger partial charge in [-0.05, 0) is 25.5 Å². The second-order valence-electron chi connectivity index (χ2n) is 4.43. The van der Waals surface area contributed by atoms with Gasteiger partial charge in [0.05, 0.1) is 0 Å². The number of amides is 3. The van der Waals surface area contributed by atoms with E-state index in [2.05, 4.69) is 5.32 Å². The molecule has 0 spiro atoms. The van der Waals surface area contributed by atoms with E-state index in [1.165, 1.54) is 4.90 Å². The SMILES string of the molecule is CCN(C(=O)NC(CCC(N)=O)C(=O)O)c1ccccc1. The summed E-state index contributed by atoms with van der Waals surface area (Å²) in [7, 11) is 0. The predicted molar refractivity (Wildman–Crippen MR) is 77.8 cm³/mol. The second-order valence-corrected chi connectivity index (χ2v) is 4.43. The molecular formula is C14H19N3O4. The zero-order valence-corrected chi connectivity index (χ0v) is 11.8. The molecule has 0 aromatic heterocycles. The third-order valence-corrected chi connectivity index (χ3v) is 2.90. The topological polar surface area (TPSA) is 113 Å². The van der Waals surface area contributed by atoms with E-state index in [4.69, 9.17) is 10.8 Å². The number of anilines is 1. The van der Waals surface area contributed by atoms with Crippen LogP contribution in [0.3, 0.4) is 0 Å². The molecule has 1 atom stereocenters. The minimum Gasteiger partial charge on any atom is -0.480 e. The number of carbonyl (C=O) groups is 3. The molecular weight excluding hydrogens is 274 g/mol. The van der Waals surface area contributed by atoms with Crippen LogP contribution in [0.25, 0.3) is 0 Å². The number of urea groups is 1. The van der Waals surface area contributed by atoms with E-state index < -0.39 is 23.9 Å². The van der Waals surface area contributed by atoms with Crippen molar-refractivity contribution in [1.82, 2.24) is 5.32 Å². The van der Waals surface area contributed by atoms with Crippen molar-refractivity contribution in [1.29, 1.82) is 0 Å². The lowest BCUT2D eigenvalue weighted by Crippen LogP contribution is -2.48. The summed E-state index contributed by atoms with van der Waals surface area (Å²) in [4.78, 5) is 35.4. The highest BCUT2D eigenvalue weighted by molar-refractivity contribution is 5.94. The summed E-state index contributed by atoms with van der Waals surface area (Å²) in [5.74, 6) is -1.81. The summed E-state index contributed by atoms with van der Waals surface area (Å²) in [6, 6.07) is 7.22. The van der Waals surface area contributed by atoms with Crippen molar-refractivity contribution < 1.29 is 19.5 Å². The van der Waals surface area contributed by atoms with E-state index >= 15 is 0 Å². The number of carbonyl (C=O) groups excluding carboxylic acids is 2. The van der Waals surface area contributed by atoms with Crippen LogP contribution in [-0.2, 0) is 9.59 Å². The number of carboxylic acids is 1. The van der Waals surface area contributed by atoms with Crippen LogP contribution < -0.4 is 16.0 Å². The molecule has 0 bridgehead atoms. The van der Waals surface area contributed by atoms with Gasteiger partial charge in [-0.3, -0.25) is 9.69 Å². The number of hydrogen-bond donors (Lipinski definition) is 3. The van der Waals surface area contributed by atoms with Crippen LogP contribution in [0.1, 0.15) is 19.8 Å². The Morgan fingerprint density at radius 2 is 1.90 bits per heavy atom. The maximum Gasteiger partial charge on any atom is 0.326 e. The van der Waals surface area contributed by atoms with Gasteiger partial charge in [0.1, 0.15) is 6.04 Å². The van der Waals surface area contributed by atoms with Crippen molar-refractivity contribution in [3.63, 3.8) is 0 Å². The van der Waals surface area contributed by atoms with Gasteiger partial charge in [-0.1, -0.05) is 18.2 Å². The summed E-state index contributed by atoms with van der Waals surface area (Å²) in [6.07, 6.45) is -0.141. The molecule has 0 heterocycles. The van der Waals surface area contributed by atoms with E-state index in [9.17, 15) is 14.4 Å². The average Bonchev–Trinajstić information content (AvgIpc) is 2.44. The summed E-state index contributed by atoms with van der Waals surface area (Å²) < 4.78 is 0. The van der Waals surface area contributed by atoms with Crippen LogP contribution in [-0.4, -0.2) is 35.6 Å². The molecule has 3 amide bonds. The molecule has 0 aliphatic heterocycles. The fourth-order valence-electron chi connectivity index (χ4n) is 1.82. The quantitative estimate of drug-likeness (QED) is 0.694. The lowest BCUT2D eigenvalue weighted by molar-refractivity contribution is -0.139. The van der Waals surface area contributed by atoms with E-state index in [1.54, 1.807) is 31.2 Å². The highest BCUT2D eigenvalue weighted by Gasteiger charge is 2.23. The lowest BCUT2D eigenvalue weighted by atomic mass is 10.1. The molecule has 1 rings (SSSR count). The Hall–Kier alpha value is -2.57. The first-order chi connectivity index (χ1) is 9.95. The Morgan fingerprint density at radius 1 is 1.29 bits per heavy atom. The van der Waals surface area contributed by atoms with Crippen LogP contribution in [0.2, 0.25) is 0 Å². The molecule has 0 saturated carbocycles. The number of benzene rings is 1. The number of rotatable bonds is 7. The van der Waals surface area contributed by atoms with Gasteiger partial charge in [0.15, 0.2) is 0 Å². The number of primary amides is 1. The molecule has 0 aliphatic carbocycles. The van der Waals surface area contributed by atoms with Crippen LogP contribution >= 0.6 is 0 Å². The summed E-state index contributed by atoms with van der Waals surface area (Å²) in [6.45, 7) is 2.17. The summed E-state index contributed by atoms with van der Waals surface area (Å²) >= 11 is 0. The van der Waals surface area contributed by atoms with Gasteiger partial charge in [0, 0.05) is 18.7 Å². The average molecular weight is 293 g/mol. The first-order valence-electron chi connectivity index (χ1n) is 6.60. The maximum atomic E-state index is 12.2. The van der Waals surface area contributed by atoms with Gasteiger partial charge < -0.3 is 16.2 Å². The fraction of sp³-hybridized carbons (Fsp3) is 0.357. The van der Waals surface area contributed by atoms with E-state index in [1.807, 2.05) is 6.07 Å². The summed E-state index contributed by atoms with van der Waals surface area (Å²) in [5, 5.41) is 11.5. The third-order valence-electron chi connectivity index (χ3n) is 2.90. The maximum absolute atomic E-state index is 12.2. The molecule has 0 aliphatic rings. The largest absolute Gasteiger partial charge is 0.480 e. The molecule has 0 saturated heterocycles. The minimum atomic E-state index is -1.20. The van der Waals surface area contributed by atoms with Crippen LogP contribution in [0.15, 0.2) is 30.3 Å².